The lowest BCUT2D eigenvalue weighted by Crippen LogP contribution is -1.93. The molecule has 0 radical (unpaired) electrons. The number of halogens is 1. The van der Waals surface area contributed by atoms with E-state index in [2.05, 4.69) is 0 Å². The van der Waals surface area contributed by atoms with Crippen molar-refractivity contribution >= 4 is 17.3 Å². The fraction of sp³-hybridized carbons (Fsp3) is 0.125. The van der Waals surface area contributed by atoms with Crippen molar-refractivity contribution < 1.29 is 4.92 Å². The van der Waals surface area contributed by atoms with Crippen LogP contribution in [0.4, 0.5) is 5.69 Å². The number of hydrogen-bond donors (Lipinski definition) is 0. The van der Waals surface area contributed by atoms with Crippen LogP contribution in [0, 0.1) is 28.4 Å². The van der Waals surface area contributed by atoms with E-state index in [1.54, 1.807) is 0 Å². The number of nitrogens with zero attached hydrogens (tertiary/aromatic N) is 2. The van der Waals surface area contributed by atoms with Gasteiger partial charge in [0.05, 0.1) is 15.5 Å². The van der Waals surface area contributed by atoms with Crippen LogP contribution in [-0.4, -0.2) is 4.92 Å². The summed E-state index contributed by atoms with van der Waals surface area (Å²) in [7, 11) is 0. The number of rotatable bonds is 1. The first kappa shape index (κ1) is 9.49. The van der Waals surface area contributed by atoms with Crippen molar-refractivity contribution in [2.24, 2.45) is 0 Å². The van der Waals surface area contributed by atoms with Crippen LogP contribution >= 0.6 is 11.6 Å². The van der Waals surface area contributed by atoms with Crippen molar-refractivity contribution in [1.29, 1.82) is 5.26 Å². The first-order valence-electron chi connectivity index (χ1n) is 3.41. The van der Waals surface area contributed by atoms with E-state index < -0.39 is 4.92 Å². The first-order valence-corrected chi connectivity index (χ1v) is 3.79. The molecule has 0 spiro atoms. The predicted molar refractivity (Wildman–Crippen MR) is 47.6 cm³/mol. The molecule has 13 heavy (non-hydrogen) atoms. The summed E-state index contributed by atoms with van der Waals surface area (Å²) in [6, 6.07) is 4.47. The van der Waals surface area contributed by atoms with E-state index in [0.717, 1.165) is 0 Å². The van der Waals surface area contributed by atoms with Gasteiger partial charge in [0, 0.05) is 11.6 Å². The molecule has 0 saturated heterocycles. The summed E-state index contributed by atoms with van der Waals surface area (Å²) < 4.78 is 0. The summed E-state index contributed by atoms with van der Waals surface area (Å²) in [4.78, 5) is 9.91. The van der Waals surface area contributed by atoms with Gasteiger partial charge in [0.1, 0.15) is 6.07 Å². The Labute approximate surface area is 79.5 Å². The monoisotopic (exact) mass is 196 g/mol. The maximum Gasteiger partial charge on any atom is 0.273 e. The first-order chi connectivity index (χ1) is 6.07. The van der Waals surface area contributed by atoms with Crippen molar-refractivity contribution in [2.45, 2.75) is 6.92 Å². The molecule has 0 heterocycles. The van der Waals surface area contributed by atoms with Crippen molar-refractivity contribution in [3.8, 4) is 6.07 Å². The van der Waals surface area contributed by atoms with E-state index in [4.69, 9.17) is 16.9 Å². The molecule has 5 heteroatoms. The molecular weight excluding hydrogens is 192 g/mol. The Hall–Kier alpha value is -1.60. The zero-order valence-corrected chi connectivity index (χ0v) is 7.50. The Morgan fingerprint density at radius 3 is 2.69 bits per heavy atom. The summed E-state index contributed by atoms with van der Waals surface area (Å²) in [6.07, 6.45) is 0. The lowest BCUT2D eigenvalue weighted by molar-refractivity contribution is -0.385. The lowest BCUT2D eigenvalue weighted by Gasteiger charge is -2.00. The maximum atomic E-state index is 10.4. The molecule has 0 saturated carbocycles. The van der Waals surface area contributed by atoms with Crippen LogP contribution in [-0.2, 0) is 0 Å². The molecule has 0 bridgehead atoms. The molecular formula is C8H5ClN2O2. The summed E-state index contributed by atoms with van der Waals surface area (Å²) in [5.74, 6) is 0. The van der Waals surface area contributed by atoms with Crippen LogP contribution in [0.2, 0.25) is 5.02 Å². The van der Waals surface area contributed by atoms with Gasteiger partial charge in [-0.2, -0.15) is 5.26 Å². The second kappa shape index (κ2) is 3.42. The molecule has 66 valence electrons. The third-order valence-electron chi connectivity index (χ3n) is 1.67. The van der Waals surface area contributed by atoms with Crippen molar-refractivity contribution in [1.82, 2.24) is 0 Å². The Morgan fingerprint density at radius 2 is 2.23 bits per heavy atom. The van der Waals surface area contributed by atoms with E-state index in [1.165, 1.54) is 19.1 Å². The summed E-state index contributed by atoms with van der Waals surface area (Å²) in [5, 5.41) is 19.2. The minimum absolute atomic E-state index is 0.0657. The second-order valence-electron chi connectivity index (χ2n) is 2.44. The maximum absolute atomic E-state index is 10.4. The summed E-state index contributed by atoms with van der Waals surface area (Å²) in [5.41, 5.74) is 0.513. The van der Waals surface area contributed by atoms with Gasteiger partial charge in [0.2, 0.25) is 0 Å². The molecule has 0 unspecified atom stereocenters. The standard InChI is InChI=1S/C8H5ClN2O2/c1-5-7(11(12)13)3-2-6(4-10)8(5)9/h2-3H,1H3. The van der Waals surface area contributed by atoms with Crippen LogP contribution in [0.5, 0.6) is 0 Å². The molecule has 1 aromatic rings. The van der Waals surface area contributed by atoms with Crippen LogP contribution < -0.4 is 0 Å². The number of nitro benzene ring substituents is 1. The third-order valence-corrected chi connectivity index (χ3v) is 2.16. The Bertz CT molecular complexity index is 409. The minimum atomic E-state index is -0.525. The van der Waals surface area contributed by atoms with Gasteiger partial charge in [-0.15, -0.1) is 0 Å². The Morgan fingerprint density at radius 1 is 1.62 bits per heavy atom. The zero-order chi connectivity index (χ0) is 10.0. The molecule has 0 fully saturated rings. The van der Waals surface area contributed by atoms with E-state index in [1.807, 2.05) is 6.07 Å². The third kappa shape index (κ3) is 1.60. The normalized spacial score (nSPS) is 9.31. The molecule has 1 aromatic carbocycles. The van der Waals surface area contributed by atoms with Gasteiger partial charge < -0.3 is 0 Å². The van der Waals surface area contributed by atoms with Crippen molar-refractivity contribution in [2.75, 3.05) is 0 Å². The average molecular weight is 197 g/mol. The average Bonchev–Trinajstić information content (AvgIpc) is 2.09. The van der Waals surface area contributed by atoms with Gasteiger partial charge >= 0.3 is 0 Å². The highest BCUT2D eigenvalue weighted by molar-refractivity contribution is 6.32. The summed E-state index contributed by atoms with van der Waals surface area (Å²) >= 11 is 5.72. The highest BCUT2D eigenvalue weighted by Crippen LogP contribution is 2.28. The van der Waals surface area contributed by atoms with Crippen molar-refractivity contribution in [3.05, 3.63) is 38.4 Å². The SMILES string of the molecule is Cc1c([N+](=O)[O-])ccc(C#N)c1Cl. The molecule has 0 aliphatic rings. The number of nitriles is 1. The van der Waals surface area contributed by atoms with E-state index in [9.17, 15) is 10.1 Å². The zero-order valence-electron chi connectivity index (χ0n) is 6.74. The molecule has 0 aliphatic heterocycles. The molecule has 0 aromatic heterocycles. The fourth-order valence-corrected chi connectivity index (χ4v) is 1.16. The lowest BCUT2D eigenvalue weighted by atomic mass is 10.1. The quantitative estimate of drug-likeness (QED) is 0.512. The topological polar surface area (TPSA) is 66.9 Å². The van der Waals surface area contributed by atoms with Crippen LogP contribution in [0.3, 0.4) is 0 Å². The Kier molecular flexibility index (Phi) is 2.49. The van der Waals surface area contributed by atoms with E-state index in [-0.39, 0.29) is 16.3 Å². The minimum Gasteiger partial charge on any atom is -0.258 e. The highest BCUT2D eigenvalue weighted by atomic mass is 35.5. The largest absolute Gasteiger partial charge is 0.273 e. The number of benzene rings is 1. The number of nitro groups is 1. The van der Waals surface area contributed by atoms with Gasteiger partial charge in [-0.25, -0.2) is 0 Å². The molecule has 0 amide bonds. The van der Waals surface area contributed by atoms with Crippen molar-refractivity contribution in [3.63, 3.8) is 0 Å². The number of hydrogen-bond acceptors (Lipinski definition) is 3. The van der Waals surface area contributed by atoms with Crippen LogP contribution in [0.1, 0.15) is 11.1 Å². The smallest absolute Gasteiger partial charge is 0.258 e. The van der Waals surface area contributed by atoms with E-state index >= 15 is 0 Å². The van der Waals surface area contributed by atoms with Crippen LogP contribution in [0.25, 0.3) is 0 Å². The molecule has 0 aliphatic carbocycles. The van der Waals surface area contributed by atoms with Crippen LogP contribution in [0.15, 0.2) is 12.1 Å². The molecule has 0 atom stereocenters. The summed E-state index contributed by atoms with van der Waals surface area (Å²) in [6.45, 7) is 1.52. The van der Waals surface area contributed by atoms with Gasteiger partial charge in [0.25, 0.3) is 5.69 Å². The second-order valence-corrected chi connectivity index (χ2v) is 2.82. The van der Waals surface area contributed by atoms with Gasteiger partial charge in [-0.3, -0.25) is 10.1 Å². The molecule has 0 N–H and O–H groups in total. The fourth-order valence-electron chi connectivity index (χ4n) is 0.959. The highest BCUT2D eigenvalue weighted by Gasteiger charge is 2.15. The van der Waals surface area contributed by atoms with Gasteiger partial charge in [-0.05, 0) is 13.0 Å². The molecule has 1 rings (SSSR count). The van der Waals surface area contributed by atoms with E-state index in [0.29, 0.717) is 5.56 Å². The van der Waals surface area contributed by atoms with Gasteiger partial charge in [-0.1, -0.05) is 11.6 Å². The van der Waals surface area contributed by atoms with Gasteiger partial charge in [0.15, 0.2) is 0 Å². The predicted octanol–water partition coefficient (Wildman–Crippen LogP) is 2.43. The Balaban J connectivity index is 3.42. The molecule has 4 nitrogen and oxygen atoms in total.